The topological polar surface area (TPSA) is 94.1 Å². The number of rotatable bonds is 3. The first-order valence-electron chi connectivity index (χ1n) is 5.42. The lowest BCUT2D eigenvalue weighted by Crippen LogP contribution is -2.03. The zero-order valence-electron chi connectivity index (χ0n) is 10.1. The number of nitro groups is 1. The second-order valence-corrected chi connectivity index (χ2v) is 4.32. The van der Waals surface area contributed by atoms with E-state index in [-0.39, 0.29) is 17.3 Å². The van der Waals surface area contributed by atoms with Crippen LogP contribution in [0.3, 0.4) is 0 Å². The van der Waals surface area contributed by atoms with E-state index in [1.54, 1.807) is 12.1 Å². The summed E-state index contributed by atoms with van der Waals surface area (Å²) in [5.41, 5.74) is 6.82. The molecule has 0 saturated heterocycles. The Morgan fingerprint density at radius 1 is 1.37 bits per heavy atom. The fraction of sp³-hybridized carbons (Fsp3) is 0.0833. The van der Waals surface area contributed by atoms with Gasteiger partial charge in [-0.05, 0) is 24.6 Å². The smallest absolute Gasteiger partial charge is 0.311 e. The third-order valence-electron chi connectivity index (χ3n) is 2.56. The van der Waals surface area contributed by atoms with Crippen molar-refractivity contribution in [3.63, 3.8) is 0 Å². The number of pyridine rings is 1. The van der Waals surface area contributed by atoms with Crippen LogP contribution in [-0.2, 0) is 0 Å². The van der Waals surface area contributed by atoms with Crippen LogP contribution in [-0.4, -0.2) is 9.91 Å². The van der Waals surface area contributed by atoms with Crippen molar-refractivity contribution >= 4 is 34.6 Å². The molecule has 0 spiro atoms. The van der Waals surface area contributed by atoms with Crippen molar-refractivity contribution < 1.29 is 4.92 Å². The fourth-order valence-electron chi connectivity index (χ4n) is 1.61. The van der Waals surface area contributed by atoms with Gasteiger partial charge in [0.25, 0.3) is 0 Å². The summed E-state index contributed by atoms with van der Waals surface area (Å²) in [6.45, 7) is 1.84. The second-order valence-electron chi connectivity index (χ2n) is 3.92. The van der Waals surface area contributed by atoms with E-state index in [4.69, 9.17) is 17.3 Å². The van der Waals surface area contributed by atoms with Crippen molar-refractivity contribution in [2.24, 2.45) is 0 Å². The van der Waals surface area contributed by atoms with Gasteiger partial charge >= 0.3 is 5.69 Å². The Morgan fingerprint density at radius 3 is 2.74 bits per heavy atom. The molecule has 0 bridgehead atoms. The minimum absolute atomic E-state index is 0.0706. The molecule has 0 radical (unpaired) electrons. The molecule has 19 heavy (non-hydrogen) atoms. The highest BCUT2D eigenvalue weighted by Crippen LogP contribution is 2.32. The molecule has 0 unspecified atom stereocenters. The Kier molecular flexibility index (Phi) is 3.52. The van der Waals surface area contributed by atoms with Gasteiger partial charge in [-0.15, -0.1) is 0 Å². The summed E-state index contributed by atoms with van der Waals surface area (Å²) in [4.78, 5) is 14.4. The molecular weight excluding hydrogens is 268 g/mol. The van der Waals surface area contributed by atoms with Crippen molar-refractivity contribution in [3.8, 4) is 0 Å². The summed E-state index contributed by atoms with van der Waals surface area (Å²) in [7, 11) is 0. The maximum Gasteiger partial charge on any atom is 0.311 e. The summed E-state index contributed by atoms with van der Waals surface area (Å²) < 4.78 is 0. The number of nitrogens with two attached hydrogens (primary N) is 1. The predicted molar refractivity (Wildman–Crippen MR) is 74.8 cm³/mol. The van der Waals surface area contributed by atoms with Crippen molar-refractivity contribution in [1.82, 2.24) is 4.98 Å². The fourth-order valence-corrected chi connectivity index (χ4v) is 1.88. The standard InChI is InChI=1S/C12H11ClN4O2/c1-7-3-2-4-8(13)11(7)16-12-9(17(18)19)5-6-10(14)15-12/h2-6H,1H3,(H3,14,15,16). The first kappa shape index (κ1) is 13.1. The maximum absolute atomic E-state index is 10.9. The second kappa shape index (κ2) is 5.11. The van der Waals surface area contributed by atoms with Gasteiger partial charge in [0.05, 0.1) is 15.6 Å². The van der Waals surface area contributed by atoms with Gasteiger partial charge in [-0.25, -0.2) is 4.98 Å². The number of hydrogen-bond donors (Lipinski definition) is 2. The van der Waals surface area contributed by atoms with E-state index in [0.29, 0.717) is 10.7 Å². The van der Waals surface area contributed by atoms with Gasteiger partial charge in [0.2, 0.25) is 5.82 Å². The molecule has 0 aliphatic carbocycles. The number of hydrogen-bond acceptors (Lipinski definition) is 5. The number of nitrogens with zero attached hydrogens (tertiary/aromatic N) is 2. The van der Waals surface area contributed by atoms with Crippen LogP contribution in [0, 0.1) is 17.0 Å². The highest BCUT2D eigenvalue weighted by Gasteiger charge is 2.17. The largest absolute Gasteiger partial charge is 0.384 e. The Morgan fingerprint density at radius 2 is 2.11 bits per heavy atom. The molecule has 2 aromatic rings. The van der Waals surface area contributed by atoms with Gasteiger partial charge in [-0.2, -0.15) is 0 Å². The number of nitrogen functional groups attached to an aromatic ring is 1. The van der Waals surface area contributed by atoms with Crippen LogP contribution in [0.1, 0.15) is 5.56 Å². The van der Waals surface area contributed by atoms with Crippen molar-refractivity contribution in [2.75, 3.05) is 11.1 Å². The van der Waals surface area contributed by atoms with Gasteiger partial charge in [0.1, 0.15) is 5.82 Å². The number of anilines is 3. The van der Waals surface area contributed by atoms with Crippen LogP contribution in [0.2, 0.25) is 5.02 Å². The van der Waals surface area contributed by atoms with E-state index in [1.807, 2.05) is 13.0 Å². The number of aromatic nitrogens is 1. The van der Waals surface area contributed by atoms with Crippen LogP contribution in [0.4, 0.5) is 23.0 Å². The van der Waals surface area contributed by atoms with Gasteiger partial charge in [-0.1, -0.05) is 23.7 Å². The maximum atomic E-state index is 10.9. The van der Waals surface area contributed by atoms with Crippen LogP contribution in [0.5, 0.6) is 0 Å². The first-order valence-corrected chi connectivity index (χ1v) is 5.80. The molecule has 0 atom stereocenters. The summed E-state index contributed by atoms with van der Waals surface area (Å²) in [6.07, 6.45) is 0. The average molecular weight is 279 g/mol. The Labute approximate surface area is 114 Å². The van der Waals surface area contributed by atoms with E-state index in [1.165, 1.54) is 12.1 Å². The number of aryl methyl sites for hydroxylation is 1. The van der Waals surface area contributed by atoms with Crippen molar-refractivity contribution in [3.05, 3.63) is 51.0 Å². The molecule has 0 fully saturated rings. The van der Waals surface area contributed by atoms with Crippen molar-refractivity contribution in [1.29, 1.82) is 0 Å². The van der Waals surface area contributed by atoms with Crippen molar-refractivity contribution in [2.45, 2.75) is 6.92 Å². The Hall–Kier alpha value is -2.34. The number of benzene rings is 1. The summed E-state index contributed by atoms with van der Waals surface area (Å²) >= 11 is 6.06. The van der Waals surface area contributed by atoms with Crippen LogP contribution < -0.4 is 11.1 Å². The minimum atomic E-state index is -0.527. The molecule has 7 heteroatoms. The molecular formula is C12H11ClN4O2. The van der Waals surface area contributed by atoms with E-state index in [9.17, 15) is 10.1 Å². The molecule has 0 amide bonds. The third kappa shape index (κ3) is 2.74. The molecule has 1 aromatic heterocycles. The predicted octanol–water partition coefficient (Wildman–Crippen LogP) is 3.28. The zero-order chi connectivity index (χ0) is 14.0. The molecule has 6 nitrogen and oxygen atoms in total. The number of nitrogens with one attached hydrogen (secondary N) is 1. The molecule has 0 aliphatic heterocycles. The summed E-state index contributed by atoms with van der Waals surface area (Å²) in [5, 5.41) is 14.3. The Balaban J connectivity index is 2.49. The monoisotopic (exact) mass is 278 g/mol. The van der Waals surface area contributed by atoms with E-state index < -0.39 is 4.92 Å². The summed E-state index contributed by atoms with van der Waals surface area (Å²) in [6, 6.07) is 8.00. The van der Waals surface area contributed by atoms with Gasteiger partial charge in [-0.3, -0.25) is 10.1 Å². The average Bonchev–Trinajstić information content (AvgIpc) is 2.33. The normalized spacial score (nSPS) is 10.2. The molecule has 1 aromatic carbocycles. The lowest BCUT2D eigenvalue weighted by molar-refractivity contribution is -0.384. The van der Waals surface area contributed by atoms with E-state index in [2.05, 4.69) is 10.3 Å². The lowest BCUT2D eigenvalue weighted by atomic mass is 10.2. The quantitative estimate of drug-likeness (QED) is 0.664. The van der Waals surface area contributed by atoms with Gasteiger partial charge in [0.15, 0.2) is 0 Å². The zero-order valence-corrected chi connectivity index (χ0v) is 10.8. The SMILES string of the molecule is Cc1cccc(Cl)c1Nc1nc(N)ccc1[N+](=O)[O-]. The lowest BCUT2D eigenvalue weighted by Gasteiger charge is -2.11. The molecule has 98 valence electrons. The van der Waals surface area contributed by atoms with Crippen LogP contribution in [0.15, 0.2) is 30.3 Å². The molecule has 0 aliphatic rings. The minimum Gasteiger partial charge on any atom is -0.384 e. The van der Waals surface area contributed by atoms with Crippen LogP contribution in [0.25, 0.3) is 0 Å². The molecule has 3 N–H and O–H groups in total. The number of halogens is 1. The first-order chi connectivity index (χ1) is 8.99. The van der Waals surface area contributed by atoms with Crippen LogP contribution >= 0.6 is 11.6 Å². The van der Waals surface area contributed by atoms with E-state index in [0.717, 1.165) is 5.56 Å². The van der Waals surface area contributed by atoms with E-state index >= 15 is 0 Å². The highest BCUT2D eigenvalue weighted by molar-refractivity contribution is 6.33. The molecule has 2 rings (SSSR count). The Bertz CT molecular complexity index is 625. The van der Waals surface area contributed by atoms with Gasteiger partial charge in [0, 0.05) is 6.07 Å². The summed E-state index contributed by atoms with van der Waals surface area (Å²) in [5.74, 6) is 0.263. The van der Waals surface area contributed by atoms with Gasteiger partial charge < -0.3 is 11.1 Å². The third-order valence-corrected chi connectivity index (χ3v) is 2.87. The number of para-hydroxylation sites is 1. The highest BCUT2D eigenvalue weighted by atomic mass is 35.5. The molecule has 1 heterocycles. The molecule has 0 saturated carbocycles.